The van der Waals surface area contributed by atoms with E-state index < -0.39 is 11.8 Å². The molecule has 0 aromatic rings. The van der Waals surface area contributed by atoms with Gasteiger partial charge in [-0.05, 0) is 25.7 Å². The van der Waals surface area contributed by atoms with Gasteiger partial charge in [0.25, 0.3) is 0 Å². The standard InChI is InChI=1S/C9H20O2.C8H16O2/c1-4-6-7-8(3)9(10,11)5-2;1-3-5-6-7(4-2)8(9)10/h8,10-11H,4-7H2,1-3H3;7H,3-6H2,1-2H3,(H,9,10). The number of hydrogen-bond donors (Lipinski definition) is 3. The average molecular weight is 304 g/mol. The van der Waals surface area contributed by atoms with Crippen molar-refractivity contribution in [3.05, 3.63) is 0 Å². The zero-order chi connectivity index (χ0) is 16.9. The van der Waals surface area contributed by atoms with Crippen molar-refractivity contribution < 1.29 is 20.1 Å². The minimum absolute atomic E-state index is 0.00699. The number of hydrogen-bond acceptors (Lipinski definition) is 3. The van der Waals surface area contributed by atoms with E-state index in [1.807, 2.05) is 13.8 Å². The monoisotopic (exact) mass is 304 g/mol. The third kappa shape index (κ3) is 11.7. The van der Waals surface area contributed by atoms with E-state index >= 15 is 0 Å². The molecule has 2 unspecified atom stereocenters. The first kappa shape index (κ1) is 22.7. The third-order valence-electron chi connectivity index (χ3n) is 4.05. The van der Waals surface area contributed by atoms with Crippen LogP contribution in [0.15, 0.2) is 0 Å². The van der Waals surface area contributed by atoms with Crippen LogP contribution in [0.25, 0.3) is 0 Å². The fourth-order valence-corrected chi connectivity index (χ4v) is 2.04. The molecule has 128 valence electrons. The van der Waals surface area contributed by atoms with Gasteiger partial charge in [-0.15, -0.1) is 0 Å². The van der Waals surface area contributed by atoms with Crippen LogP contribution in [0.1, 0.15) is 86.0 Å². The first-order valence-corrected chi connectivity index (χ1v) is 8.44. The Morgan fingerprint density at radius 1 is 1.00 bits per heavy atom. The normalized spacial score (nSPS) is 14.0. The van der Waals surface area contributed by atoms with Crippen molar-refractivity contribution >= 4 is 5.97 Å². The molecule has 0 aromatic carbocycles. The molecule has 0 spiro atoms. The van der Waals surface area contributed by atoms with Gasteiger partial charge in [0.15, 0.2) is 5.79 Å². The molecule has 3 N–H and O–H groups in total. The maximum atomic E-state index is 10.4. The van der Waals surface area contributed by atoms with Crippen molar-refractivity contribution in [3.8, 4) is 0 Å². The molecule has 0 saturated carbocycles. The molecule has 21 heavy (non-hydrogen) atoms. The zero-order valence-corrected chi connectivity index (χ0v) is 14.6. The fourth-order valence-electron chi connectivity index (χ4n) is 2.04. The van der Waals surface area contributed by atoms with E-state index in [9.17, 15) is 15.0 Å². The molecule has 0 aliphatic rings. The molecule has 0 amide bonds. The summed E-state index contributed by atoms with van der Waals surface area (Å²) in [5.74, 6) is -2.21. The quantitative estimate of drug-likeness (QED) is 0.529. The Kier molecular flexibility index (Phi) is 14.1. The number of unbranched alkanes of at least 4 members (excludes halogenated alkanes) is 2. The molecule has 4 nitrogen and oxygen atoms in total. The predicted octanol–water partition coefficient (Wildman–Crippen LogP) is 4.19. The molecule has 0 aliphatic heterocycles. The van der Waals surface area contributed by atoms with E-state index in [-0.39, 0.29) is 11.8 Å². The highest BCUT2D eigenvalue weighted by atomic mass is 16.5. The Hall–Kier alpha value is -0.610. The smallest absolute Gasteiger partial charge is 0.306 e. The van der Waals surface area contributed by atoms with Crippen LogP contribution in [0.2, 0.25) is 0 Å². The van der Waals surface area contributed by atoms with E-state index in [4.69, 9.17) is 5.11 Å². The molecule has 0 radical (unpaired) electrons. The summed E-state index contributed by atoms with van der Waals surface area (Å²) in [7, 11) is 0. The lowest BCUT2D eigenvalue weighted by molar-refractivity contribution is -0.199. The molecule has 0 rings (SSSR count). The van der Waals surface area contributed by atoms with Crippen LogP contribution in [0.4, 0.5) is 0 Å². The second kappa shape index (κ2) is 13.1. The van der Waals surface area contributed by atoms with Crippen LogP contribution in [0.3, 0.4) is 0 Å². The van der Waals surface area contributed by atoms with Gasteiger partial charge in [0.05, 0.1) is 5.92 Å². The molecule has 0 aliphatic carbocycles. The Morgan fingerprint density at radius 2 is 1.48 bits per heavy atom. The number of carboxylic acids is 1. The van der Waals surface area contributed by atoms with Gasteiger partial charge < -0.3 is 15.3 Å². The third-order valence-corrected chi connectivity index (χ3v) is 4.05. The van der Waals surface area contributed by atoms with E-state index in [0.717, 1.165) is 44.9 Å². The molecular formula is C17H36O4. The summed E-state index contributed by atoms with van der Waals surface area (Å²) in [4.78, 5) is 10.4. The SMILES string of the molecule is CCCCC(C)C(O)(O)CC.CCCCC(CC)C(=O)O. The maximum absolute atomic E-state index is 10.4. The second-order valence-electron chi connectivity index (χ2n) is 5.86. The van der Waals surface area contributed by atoms with E-state index in [1.54, 1.807) is 6.92 Å². The zero-order valence-electron chi connectivity index (χ0n) is 14.6. The van der Waals surface area contributed by atoms with Gasteiger partial charge in [0.1, 0.15) is 0 Å². The number of rotatable bonds is 10. The average Bonchev–Trinajstić information content (AvgIpc) is 2.45. The Balaban J connectivity index is 0. The molecule has 0 saturated heterocycles. The highest BCUT2D eigenvalue weighted by Crippen LogP contribution is 2.22. The molecule has 0 bridgehead atoms. The lowest BCUT2D eigenvalue weighted by atomic mass is 9.93. The van der Waals surface area contributed by atoms with Crippen molar-refractivity contribution in [2.75, 3.05) is 0 Å². The summed E-state index contributed by atoms with van der Waals surface area (Å²) in [5.41, 5.74) is 0. The number of carbonyl (C=O) groups is 1. The van der Waals surface area contributed by atoms with Crippen molar-refractivity contribution in [1.82, 2.24) is 0 Å². The summed E-state index contributed by atoms with van der Waals surface area (Å²) in [6.45, 7) is 9.79. The van der Waals surface area contributed by atoms with Gasteiger partial charge in [-0.3, -0.25) is 4.79 Å². The van der Waals surface area contributed by atoms with Crippen LogP contribution in [0.5, 0.6) is 0 Å². The predicted molar refractivity (Wildman–Crippen MR) is 87.1 cm³/mol. The Bertz CT molecular complexity index is 251. The lowest BCUT2D eigenvalue weighted by Crippen LogP contribution is -2.35. The van der Waals surface area contributed by atoms with E-state index in [2.05, 4.69) is 13.8 Å². The van der Waals surface area contributed by atoms with Crippen LogP contribution < -0.4 is 0 Å². The molecule has 0 heterocycles. The molecule has 2 atom stereocenters. The topological polar surface area (TPSA) is 77.8 Å². The first-order chi connectivity index (χ1) is 9.76. The van der Waals surface area contributed by atoms with Crippen LogP contribution in [0, 0.1) is 11.8 Å². The minimum Gasteiger partial charge on any atom is -0.481 e. The fraction of sp³-hybridized carbons (Fsp3) is 0.941. The summed E-state index contributed by atoms with van der Waals surface area (Å²) >= 11 is 0. The molecule has 4 heteroatoms. The first-order valence-electron chi connectivity index (χ1n) is 8.44. The van der Waals surface area contributed by atoms with Gasteiger partial charge in [0.2, 0.25) is 0 Å². The minimum atomic E-state index is -1.45. The summed E-state index contributed by atoms with van der Waals surface area (Å²) in [6, 6.07) is 0. The van der Waals surface area contributed by atoms with Gasteiger partial charge >= 0.3 is 5.97 Å². The summed E-state index contributed by atoms with van der Waals surface area (Å²) < 4.78 is 0. The van der Waals surface area contributed by atoms with Crippen LogP contribution >= 0.6 is 0 Å². The molecule has 0 fully saturated rings. The van der Waals surface area contributed by atoms with Gasteiger partial charge in [0, 0.05) is 5.92 Å². The molecular weight excluding hydrogens is 268 g/mol. The van der Waals surface area contributed by atoms with Gasteiger partial charge in [-0.25, -0.2) is 0 Å². The number of aliphatic carboxylic acids is 1. The van der Waals surface area contributed by atoms with Crippen LogP contribution in [-0.4, -0.2) is 27.1 Å². The Labute approximate surface area is 130 Å². The van der Waals surface area contributed by atoms with Crippen molar-refractivity contribution in [3.63, 3.8) is 0 Å². The van der Waals surface area contributed by atoms with Crippen LogP contribution in [-0.2, 0) is 4.79 Å². The van der Waals surface area contributed by atoms with Gasteiger partial charge in [-0.2, -0.15) is 0 Å². The summed E-state index contributed by atoms with van der Waals surface area (Å²) in [6.07, 6.45) is 7.22. The lowest BCUT2D eigenvalue weighted by Gasteiger charge is -2.27. The van der Waals surface area contributed by atoms with E-state index in [1.165, 1.54) is 0 Å². The van der Waals surface area contributed by atoms with Gasteiger partial charge in [-0.1, -0.05) is 60.3 Å². The molecule has 0 aromatic heterocycles. The highest BCUT2D eigenvalue weighted by molar-refractivity contribution is 5.69. The largest absolute Gasteiger partial charge is 0.481 e. The van der Waals surface area contributed by atoms with Crippen molar-refractivity contribution in [1.29, 1.82) is 0 Å². The maximum Gasteiger partial charge on any atom is 0.306 e. The van der Waals surface area contributed by atoms with E-state index in [0.29, 0.717) is 6.42 Å². The number of carboxylic acid groups (broad SMARTS) is 1. The Morgan fingerprint density at radius 3 is 1.81 bits per heavy atom. The number of aliphatic hydroxyl groups is 2. The van der Waals surface area contributed by atoms with Crippen molar-refractivity contribution in [2.24, 2.45) is 11.8 Å². The highest BCUT2D eigenvalue weighted by Gasteiger charge is 2.27. The summed E-state index contributed by atoms with van der Waals surface area (Å²) in [5, 5.41) is 27.3. The second-order valence-corrected chi connectivity index (χ2v) is 5.86. The van der Waals surface area contributed by atoms with Crippen molar-refractivity contribution in [2.45, 2.75) is 91.8 Å².